The van der Waals surface area contributed by atoms with Gasteiger partial charge in [0.05, 0.1) is 12.7 Å². The summed E-state index contributed by atoms with van der Waals surface area (Å²) in [5.41, 5.74) is 1.22. The smallest absolute Gasteiger partial charge is 0.382 e. The third kappa shape index (κ3) is 4.57. The normalized spacial score (nSPS) is 30.5. The monoisotopic (exact) mass is 526 g/mol. The van der Waals surface area contributed by atoms with Crippen LogP contribution in [0, 0.1) is 0 Å². The summed E-state index contributed by atoms with van der Waals surface area (Å²) in [6, 6.07) is 6.68. The molecule has 1 aromatic carbocycles. The van der Waals surface area contributed by atoms with Crippen LogP contribution in [0.1, 0.15) is 42.9 Å². The maximum absolute atomic E-state index is 15.2. The number of fused-ring (bicyclic) bond motifs is 2. The molecule has 2 N–H and O–H groups in total. The van der Waals surface area contributed by atoms with Crippen molar-refractivity contribution in [2.24, 2.45) is 0 Å². The van der Waals surface area contributed by atoms with Crippen molar-refractivity contribution < 1.29 is 36.4 Å². The quantitative estimate of drug-likeness (QED) is 0.564. The van der Waals surface area contributed by atoms with Crippen LogP contribution < -0.4 is 16.3 Å². The summed E-state index contributed by atoms with van der Waals surface area (Å²) in [6.45, 7) is 4.67. The van der Waals surface area contributed by atoms with Gasteiger partial charge in [0, 0.05) is 23.5 Å². The highest BCUT2D eigenvalue weighted by molar-refractivity contribution is 7.48. The lowest BCUT2D eigenvalue weighted by molar-refractivity contribution is -0.139. The maximum Gasteiger partial charge on any atom is 0.475 e. The number of ether oxygens (including phenoxy) is 1. The average Bonchev–Trinajstić information content (AvgIpc) is 3.28. The van der Waals surface area contributed by atoms with Gasteiger partial charge in [-0.25, -0.2) is 9.36 Å². The number of nitrogens with one attached hydrogen (secondary N) is 2. The minimum atomic E-state index is -4.23. The summed E-state index contributed by atoms with van der Waals surface area (Å²) in [4.78, 5) is 29.0. The van der Waals surface area contributed by atoms with Gasteiger partial charge < -0.3 is 15.4 Å². The summed E-state index contributed by atoms with van der Waals surface area (Å²) in [6.07, 6.45) is -4.03. The molecule has 5 rings (SSSR count). The highest BCUT2D eigenvalue weighted by Gasteiger charge is 2.65. The topological polar surface area (TPSA) is 130 Å². The van der Waals surface area contributed by atoms with E-state index in [9.17, 15) is 14.2 Å². The molecule has 194 valence electrons. The SMILES string of the molecule is CC1Cc2ccc(C(=O)Nc3ccn(C4O[C@@H]5COP(=O)(OC(C)C)O[C@H]5C4(F)F)c(=O)n3)cc2N1. The molecule has 3 unspecified atom stereocenters. The van der Waals surface area contributed by atoms with Crippen LogP contribution >= 0.6 is 7.82 Å². The van der Waals surface area contributed by atoms with Crippen LogP contribution in [-0.2, 0) is 29.3 Å². The largest absolute Gasteiger partial charge is 0.475 e. The Morgan fingerprint density at radius 3 is 2.86 bits per heavy atom. The van der Waals surface area contributed by atoms with E-state index in [1.165, 1.54) is 6.07 Å². The molecule has 1 aromatic heterocycles. The number of anilines is 2. The van der Waals surface area contributed by atoms with E-state index >= 15 is 8.78 Å². The van der Waals surface area contributed by atoms with E-state index in [1.54, 1.807) is 26.0 Å². The van der Waals surface area contributed by atoms with Crippen LogP contribution in [0.4, 0.5) is 20.3 Å². The summed E-state index contributed by atoms with van der Waals surface area (Å²) in [5.74, 6) is -4.38. The number of carbonyl (C=O) groups is 1. The van der Waals surface area contributed by atoms with E-state index in [-0.39, 0.29) is 11.9 Å². The van der Waals surface area contributed by atoms with Crippen LogP contribution in [0.2, 0.25) is 0 Å². The lowest BCUT2D eigenvalue weighted by atomic mass is 10.1. The standard InChI is InChI=1S/C22H25F2N4O7P/c1-11(2)34-36(31)32-10-16-18(35-36)22(23,24)20(33-16)28-7-6-17(27-21(28)30)26-19(29)14-5-4-13-8-12(3)25-15(13)9-14/h4-7,9,11-12,16,18,20,25H,8,10H2,1-3H3,(H,26,27,29,30)/t12?,16-,18-,20?,36?/m1/s1. The number of benzene rings is 1. The average molecular weight is 526 g/mol. The van der Waals surface area contributed by atoms with E-state index in [2.05, 4.69) is 15.6 Å². The van der Waals surface area contributed by atoms with Crippen LogP contribution in [-0.4, -0.2) is 52.3 Å². The number of alkyl halides is 2. The first-order chi connectivity index (χ1) is 16.9. The second-order valence-electron chi connectivity index (χ2n) is 9.20. The zero-order valence-electron chi connectivity index (χ0n) is 19.6. The summed E-state index contributed by atoms with van der Waals surface area (Å²) < 4.78 is 64.0. The van der Waals surface area contributed by atoms with Gasteiger partial charge in [-0.3, -0.25) is 22.9 Å². The highest BCUT2D eigenvalue weighted by atomic mass is 31.2. The second kappa shape index (κ2) is 9.00. The third-order valence-corrected chi connectivity index (χ3v) is 7.58. The number of carbonyl (C=O) groups excluding carboxylic acids is 1. The molecule has 0 bridgehead atoms. The van der Waals surface area contributed by atoms with Crippen molar-refractivity contribution in [1.82, 2.24) is 9.55 Å². The zero-order valence-corrected chi connectivity index (χ0v) is 20.5. The number of aromatic nitrogens is 2. The lowest BCUT2D eigenvalue weighted by Gasteiger charge is -2.32. The van der Waals surface area contributed by atoms with E-state index in [0.29, 0.717) is 10.1 Å². The van der Waals surface area contributed by atoms with Crippen molar-refractivity contribution in [3.05, 3.63) is 52.1 Å². The summed E-state index contributed by atoms with van der Waals surface area (Å²) in [5, 5.41) is 5.77. The lowest BCUT2D eigenvalue weighted by Crippen LogP contribution is -2.45. The van der Waals surface area contributed by atoms with Crippen LogP contribution in [0.5, 0.6) is 0 Å². The minimum absolute atomic E-state index is 0.115. The van der Waals surface area contributed by atoms with Crippen molar-refractivity contribution >= 4 is 25.2 Å². The molecular formula is C22H25F2N4O7P. The van der Waals surface area contributed by atoms with Crippen LogP contribution in [0.25, 0.3) is 0 Å². The molecule has 2 aromatic rings. The molecule has 3 aliphatic heterocycles. The number of amides is 1. The van der Waals surface area contributed by atoms with Gasteiger partial charge in [0.2, 0.25) is 6.23 Å². The molecule has 1 amide bonds. The maximum atomic E-state index is 15.2. The fourth-order valence-electron chi connectivity index (χ4n) is 4.41. The Balaban J connectivity index is 1.32. The molecule has 11 nitrogen and oxygen atoms in total. The molecular weight excluding hydrogens is 501 g/mol. The number of hydrogen-bond acceptors (Lipinski definition) is 9. The van der Waals surface area contributed by atoms with E-state index in [4.69, 9.17) is 18.3 Å². The van der Waals surface area contributed by atoms with Gasteiger partial charge in [0.1, 0.15) is 11.9 Å². The Hall–Kier alpha value is -2.70. The summed E-state index contributed by atoms with van der Waals surface area (Å²) in [7, 11) is -4.23. The first-order valence-electron chi connectivity index (χ1n) is 11.4. The minimum Gasteiger partial charge on any atom is -0.382 e. The Morgan fingerprint density at radius 2 is 2.14 bits per heavy atom. The van der Waals surface area contributed by atoms with Gasteiger partial charge in [-0.2, -0.15) is 13.8 Å². The number of halogens is 2. The Kier molecular flexibility index (Phi) is 6.24. The Morgan fingerprint density at radius 1 is 1.36 bits per heavy atom. The fourth-order valence-corrected chi connectivity index (χ4v) is 5.98. The fraction of sp³-hybridized carbons (Fsp3) is 0.500. The van der Waals surface area contributed by atoms with E-state index in [1.807, 2.05) is 13.0 Å². The molecule has 14 heteroatoms. The number of phosphoric ester groups is 1. The first kappa shape index (κ1) is 25.0. The zero-order chi connectivity index (χ0) is 25.8. The van der Waals surface area contributed by atoms with Gasteiger partial charge in [-0.15, -0.1) is 0 Å². The van der Waals surface area contributed by atoms with E-state index < -0.39 is 56.5 Å². The molecule has 3 aliphatic rings. The van der Waals surface area contributed by atoms with Crippen molar-refractivity contribution in [3.8, 4) is 0 Å². The predicted molar refractivity (Wildman–Crippen MR) is 123 cm³/mol. The molecule has 0 aliphatic carbocycles. The second-order valence-corrected chi connectivity index (χ2v) is 10.8. The van der Waals surface area contributed by atoms with Crippen molar-refractivity contribution in [2.45, 2.75) is 63.7 Å². The Bertz CT molecular complexity index is 1300. The highest BCUT2D eigenvalue weighted by Crippen LogP contribution is 2.60. The van der Waals surface area contributed by atoms with Gasteiger partial charge in [0.15, 0.2) is 6.10 Å². The molecule has 36 heavy (non-hydrogen) atoms. The van der Waals surface area contributed by atoms with Crippen LogP contribution in [0.3, 0.4) is 0 Å². The van der Waals surface area contributed by atoms with Crippen molar-refractivity contribution in [2.75, 3.05) is 17.2 Å². The predicted octanol–water partition coefficient (Wildman–Crippen LogP) is 3.33. The van der Waals surface area contributed by atoms with Crippen molar-refractivity contribution in [1.29, 1.82) is 0 Å². The number of rotatable bonds is 5. The number of phosphoric acid groups is 1. The van der Waals surface area contributed by atoms with Gasteiger partial charge >= 0.3 is 19.4 Å². The molecule has 4 heterocycles. The molecule has 2 fully saturated rings. The van der Waals surface area contributed by atoms with Crippen LogP contribution in [0.15, 0.2) is 35.3 Å². The molecule has 5 atom stereocenters. The van der Waals surface area contributed by atoms with Gasteiger partial charge in [-0.05, 0) is 51.0 Å². The molecule has 2 saturated heterocycles. The molecule has 0 radical (unpaired) electrons. The van der Waals surface area contributed by atoms with E-state index in [0.717, 1.165) is 23.9 Å². The van der Waals surface area contributed by atoms with Crippen molar-refractivity contribution in [3.63, 3.8) is 0 Å². The molecule has 0 saturated carbocycles. The summed E-state index contributed by atoms with van der Waals surface area (Å²) >= 11 is 0. The van der Waals surface area contributed by atoms with Gasteiger partial charge in [-0.1, -0.05) is 6.07 Å². The third-order valence-electron chi connectivity index (χ3n) is 5.95. The number of nitrogens with zero attached hydrogens (tertiary/aromatic N) is 2. The Labute approximate surface area is 204 Å². The van der Waals surface area contributed by atoms with Gasteiger partial charge in [0.25, 0.3) is 5.91 Å². The molecule has 0 spiro atoms. The first-order valence-corrected chi connectivity index (χ1v) is 12.9. The number of hydrogen-bond donors (Lipinski definition) is 2.